The summed E-state index contributed by atoms with van der Waals surface area (Å²) in [7, 11) is 2.26. The van der Waals surface area contributed by atoms with E-state index >= 15 is 0 Å². The normalized spacial score (nSPS) is 39.1. The number of alkyl halides is 1. The predicted octanol–water partition coefficient (Wildman–Crippen LogP) is 0.367. The summed E-state index contributed by atoms with van der Waals surface area (Å²) in [6.07, 6.45) is 5.16. The Morgan fingerprint density at radius 3 is 2.53 bits per heavy atom. The van der Waals surface area contributed by atoms with Gasteiger partial charge in [-0.05, 0) is 0 Å². The maximum atomic E-state index is 11.3. The van der Waals surface area contributed by atoms with E-state index in [1.165, 1.54) is 12.8 Å². The number of carbonyl (C=O) groups is 1. The minimum absolute atomic E-state index is 0.131. The monoisotopic (exact) mass is 232 g/mol. The summed E-state index contributed by atoms with van der Waals surface area (Å²) in [5.41, 5.74) is 0. The Hall–Kier alpha value is -0.280. The molecule has 2 unspecified atom stereocenters. The second-order valence-corrected chi connectivity index (χ2v) is 5.12. The van der Waals surface area contributed by atoms with E-state index in [1.54, 1.807) is 4.90 Å². The number of halogens is 1. The number of esters is 1. The van der Waals surface area contributed by atoms with Crippen LogP contribution in [0.5, 0.6) is 0 Å². The molecule has 0 aromatic rings. The van der Waals surface area contributed by atoms with Crippen molar-refractivity contribution in [3.05, 3.63) is 0 Å². The first-order chi connectivity index (χ1) is 7.20. The van der Waals surface area contributed by atoms with Crippen LogP contribution in [0.2, 0.25) is 0 Å². The maximum Gasteiger partial charge on any atom is 0.307 e. The van der Waals surface area contributed by atoms with Gasteiger partial charge in [0, 0.05) is 31.6 Å². The highest BCUT2D eigenvalue weighted by Gasteiger charge is 2.43. The van der Waals surface area contributed by atoms with E-state index in [4.69, 9.17) is 16.3 Å². The van der Waals surface area contributed by atoms with E-state index in [-0.39, 0.29) is 12.1 Å². The molecule has 0 radical (unpaired) electrons. The third-order valence-electron chi connectivity index (χ3n) is 3.84. The van der Waals surface area contributed by atoms with Gasteiger partial charge in [0.25, 0.3) is 0 Å². The maximum absolute atomic E-state index is 11.3. The van der Waals surface area contributed by atoms with Crippen LogP contribution in [0.4, 0.5) is 0 Å². The van der Waals surface area contributed by atoms with Crippen molar-refractivity contribution in [2.75, 3.05) is 12.9 Å². The molecule has 0 aliphatic carbocycles. The molecule has 0 spiro atoms. The number of ether oxygens (including phenoxy) is 1. The van der Waals surface area contributed by atoms with E-state index in [0.717, 1.165) is 12.8 Å². The summed E-state index contributed by atoms with van der Waals surface area (Å²) in [6, 6.07) is 1.41. The quantitative estimate of drug-likeness (QED) is 0.563. The number of carbonyl (C=O) groups excluding carboxylic acids is 1. The van der Waals surface area contributed by atoms with E-state index in [2.05, 4.69) is 7.05 Å². The van der Waals surface area contributed by atoms with Crippen LogP contribution >= 0.6 is 11.6 Å². The molecule has 2 aliphatic heterocycles. The lowest BCUT2D eigenvalue weighted by Gasteiger charge is -2.33. The van der Waals surface area contributed by atoms with Crippen molar-refractivity contribution in [2.24, 2.45) is 0 Å². The van der Waals surface area contributed by atoms with Crippen LogP contribution in [0.15, 0.2) is 0 Å². The zero-order valence-electron chi connectivity index (χ0n) is 9.17. The van der Waals surface area contributed by atoms with Gasteiger partial charge in [0.15, 0.2) is 0 Å². The first-order valence-corrected chi connectivity index (χ1v) is 6.33. The molecule has 2 rings (SSSR count). The molecule has 0 aromatic heterocycles. The molecule has 15 heavy (non-hydrogen) atoms. The Labute approximate surface area is 95.7 Å². The molecule has 0 saturated carbocycles. The molecule has 1 N–H and O–H groups in total. The van der Waals surface area contributed by atoms with E-state index in [9.17, 15) is 4.79 Å². The van der Waals surface area contributed by atoms with Crippen molar-refractivity contribution in [1.82, 2.24) is 0 Å². The highest BCUT2D eigenvalue weighted by Crippen LogP contribution is 2.24. The van der Waals surface area contributed by atoms with Crippen molar-refractivity contribution in [3.63, 3.8) is 0 Å². The third kappa shape index (κ3) is 2.45. The summed E-state index contributed by atoms with van der Waals surface area (Å²) in [5.74, 6) is 0.234. The standard InChI is InChI=1S/C11H18ClNO2/c1-13-8-2-3-9(13)7-10(6-8)15-11(14)4-5-12/h8-10H,2-7H2,1H3/p+1/t8-,9+,10?. The van der Waals surface area contributed by atoms with Gasteiger partial charge in [0.2, 0.25) is 0 Å². The lowest BCUT2D eigenvalue weighted by atomic mass is 10.0. The fraction of sp³-hybridized carbons (Fsp3) is 0.909. The van der Waals surface area contributed by atoms with Crippen LogP contribution in [0, 0.1) is 0 Å². The molecule has 0 aromatic carbocycles. The van der Waals surface area contributed by atoms with Crippen molar-refractivity contribution in [3.8, 4) is 0 Å². The van der Waals surface area contributed by atoms with Crippen LogP contribution in [0.3, 0.4) is 0 Å². The van der Waals surface area contributed by atoms with Gasteiger partial charge in [-0.2, -0.15) is 0 Å². The number of nitrogens with one attached hydrogen (secondary N) is 1. The Morgan fingerprint density at radius 2 is 2.00 bits per heavy atom. The van der Waals surface area contributed by atoms with Crippen LogP contribution in [0.1, 0.15) is 32.1 Å². The van der Waals surface area contributed by atoms with Crippen LogP contribution in [-0.2, 0) is 9.53 Å². The lowest BCUT2D eigenvalue weighted by Crippen LogP contribution is -3.15. The van der Waals surface area contributed by atoms with Crippen molar-refractivity contribution in [1.29, 1.82) is 0 Å². The molecule has 2 heterocycles. The zero-order valence-corrected chi connectivity index (χ0v) is 9.93. The largest absolute Gasteiger partial charge is 0.462 e. The first kappa shape index (κ1) is 11.2. The molecule has 0 amide bonds. The molecule has 2 aliphatic rings. The number of hydrogen-bond acceptors (Lipinski definition) is 2. The average Bonchev–Trinajstić information content (AvgIpc) is 2.43. The van der Waals surface area contributed by atoms with Crippen LogP contribution in [0.25, 0.3) is 0 Å². The molecule has 2 saturated heterocycles. The third-order valence-corrected chi connectivity index (χ3v) is 4.03. The summed E-state index contributed by atoms with van der Waals surface area (Å²) in [5, 5.41) is 0. The first-order valence-electron chi connectivity index (χ1n) is 5.79. The fourth-order valence-corrected chi connectivity index (χ4v) is 3.10. The van der Waals surface area contributed by atoms with Crippen molar-refractivity contribution < 1.29 is 14.4 Å². The molecule has 4 atom stereocenters. The van der Waals surface area contributed by atoms with E-state index in [0.29, 0.717) is 24.4 Å². The van der Waals surface area contributed by atoms with Gasteiger partial charge >= 0.3 is 5.97 Å². The molecule has 4 heteroatoms. The number of fused-ring (bicyclic) bond motifs is 2. The van der Waals surface area contributed by atoms with Gasteiger partial charge in [-0.1, -0.05) is 0 Å². The van der Waals surface area contributed by atoms with Gasteiger partial charge < -0.3 is 9.64 Å². The number of hydrogen-bond donors (Lipinski definition) is 1. The smallest absolute Gasteiger partial charge is 0.307 e. The molecule has 2 bridgehead atoms. The molecular formula is C11H19ClNO2+. The van der Waals surface area contributed by atoms with E-state index in [1.807, 2.05) is 0 Å². The summed E-state index contributed by atoms with van der Waals surface area (Å²) in [6.45, 7) is 0. The van der Waals surface area contributed by atoms with Gasteiger partial charge in [-0.3, -0.25) is 4.79 Å². The number of rotatable bonds is 3. The minimum atomic E-state index is -0.131. The second-order valence-electron chi connectivity index (χ2n) is 4.74. The molecule has 86 valence electrons. The van der Waals surface area contributed by atoms with Crippen LogP contribution in [-0.4, -0.2) is 37.1 Å². The second kappa shape index (κ2) is 4.71. The van der Waals surface area contributed by atoms with Crippen LogP contribution < -0.4 is 4.90 Å². The summed E-state index contributed by atoms with van der Waals surface area (Å²) < 4.78 is 5.42. The van der Waals surface area contributed by atoms with Gasteiger partial charge in [0.1, 0.15) is 6.10 Å². The van der Waals surface area contributed by atoms with Gasteiger partial charge in [-0.15, -0.1) is 11.6 Å². The highest BCUT2D eigenvalue weighted by molar-refractivity contribution is 6.18. The highest BCUT2D eigenvalue weighted by atomic mass is 35.5. The Bertz CT molecular complexity index is 233. The fourth-order valence-electron chi connectivity index (χ4n) is 2.95. The van der Waals surface area contributed by atoms with Crippen molar-refractivity contribution in [2.45, 2.75) is 50.3 Å². The predicted molar refractivity (Wildman–Crippen MR) is 58.1 cm³/mol. The molecule has 3 nitrogen and oxygen atoms in total. The zero-order chi connectivity index (χ0) is 10.8. The Balaban J connectivity index is 1.84. The lowest BCUT2D eigenvalue weighted by molar-refractivity contribution is -0.923. The topological polar surface area (TPSA) is 30.7 Å². The van der Waals surface area contributed by atoms with Gasteiger partial charge in [-0.25, -0.2) is 0 Å². The number of piperidine rings is 1. The molecule has 2 fully saturated rings. The average molecular weight is 233 g/mol. The Kier molecular flexibility index (Phi) is 3.52. The minimum Gasteiger partial charge on any atom is -0.462 e. The molecular weight excluding hydrogens is 214 g/mol. The number of quaternary nitrogens is 1. The Morgan fingerprint density at radius 1 is 1.40 bits per heavy atom. The van der Waals surface area contributed by atoms with Crippen molar-refractivity contribution >= 4 is 17.6 Å². The summed E-state index contributed by atoms with van der Waals surface area (Å²) in [4.78, 5) is 13.0. The summed E-state index contributed by atoms with van der Waals surface area (Å²) >= 11 is 5.50. The van der Waals surface area contributed by atoms with E-state index < -0.39 is 0 Å². The van der Waals surface area contributed by atoms with Gasteiger partial charge in [0.05, 0.1) is 25.6 Å². The SMILES string of the molecule is C[NH+]1[C@@H]2CC[C@H]1CC(OC(=O)CCCl)C2.